The first kappa shape index (κ1) is 15.5. The highest BCUT2D eigenvalue weighted by Crippen LogP contribution is 2.22. The van der Waals surface area contributed by atoms with Crippen molar-refractivity contribution in [2.75, 3.05) is 6.54 Å². The second-order valence-corrected chi connectivity index (χ2v) is 6.05. The second kappa shape index (κ2) is 6.56. The van der Waals surface area contributed by atoms with Gasteiger partial charge in [-0.25, -0.2) is 4.79 Å². The smallest absolute Gasteiger partial charge is 0.323 e. The van der Waals surface area contributed by atoms with E-state index in [9.17, 15) is 9.59 Å². The average molecular weight is 284 g/mol. The fourth-order valence-electron chi connectivity index (χ4n) is 1.66. The van der Waals surface area contributed by atoms with Gasteiger partial charge in [-0.15, -0.1) is 11.3 Å². The number of aryl methyl sites for hydroxylation is 1. The molecule has 106 valence electrons. The van der Waals surface area contributed by atoms with Gasteiger partial charge in [0.25, 0.3) is 0 Å². The number of hydrogen-bond acceptors (Lipinski definition) is 3. The van der Waals surface area contributed by atoms with Crippen LogP contribution in [0, 0.1) is 6.92 Å². The molecule has 0 aliphatic rings. The summed E-state index contributed by atoms with van der Waals surface area (Å²) in [5, 5.41) is 11.6. The normalized spacial score (nSPS) is 12.3. The average Bonchev–Trinajstić information content (AvgIpc) is 2.72. The Hall–Kier alpha value is -1.56. The largest absolute Gasteiger partial charge is 0.480 e. The molecule has 19 heavy (non-hydrogen) atoms. The van der Waals surface area contributed by atoms with Gasteiger partial charge in [0.2, 0.25) is 0 Å². The standard InChI is InChI=1S/C13H20N2O3S/c1-8(2)15(7-12(16)17)13(18)14-10(4)11-6-5-9(3)19-11/h5-6,8,10H,7H2,1-4H3,(H,14,18)(H,16,17). The zero-order valence-electron chi connectivity index (χ0n) is 11.6. The van der Waals surface area contributed by atoms with E-state index in [1.165, 1.54) is 9.78 Å². The van der Waals surface area contributed by atoms with E-state index < -0.39 is 5.97 Å². The molecule has 0 radical (unpaired) electrons. The SMILES string of the molecule is Cc1ccc(C(C)NC(=O)N(CC(=O)O)C(C)C)s1. The molecule has 1 rings (SSSR count). The molecule has 5 nitrogen and oxygen atoms in total. The van der Waals surface area contributed by atoms with Crippen LogP contribution in [0.15, 0.2) is 12.1 Å². The Kier molecular flexibility index (Phi) is 5.35. The minimum Gasteiger partial charge on any atom is -0.480 e. The number of nitrogens with one attached hydrogen (secondary N) is 1. The van der Waals surface area contributed by atoms with E-state index in [1.54, 1.807) is 25.2 Å². The van der Waals surface area contributed by atoms with Gasteiger partial charge in [-0.2, -0.15) is 0 Å². The molecule has 2 amide bonds. The minimum atomic E-state index is -1.01. The lowest BCUT2D eigenvalue weighted by Crippen LogP contribution is -2.47. The van der Waals surface area contributed by atoms with Crippen molar-refractivity contribution in [1.29, 1.82) is 0 Å². The molecule has 2 N–H and O–H groups in total. The number of nitrogens with zero attached hydrogens (tertiary/aromatic N) is 1. The summed E-state index contributed by atoms with van der Waals surface area (Å²) in [4.78, 5) is 26.4. The van der Waals surface area contributed by atoms with Gasteiger partial charge in [-0.05, 0) is 39.8 Å². The molecule has 6 heteroatoms. The number of carbonyl (C=O) groups is 2. The maximum absolute atomic E-state index is 12.1. The first-order chi connectivity index (χ1) is 8.81. The van der Waals surface area contributed by atoms with Crippen LogP contribution in [0.1, 0.15) is 36.6 Å². The number of aliphatic carboxylic acids is 1. The molecule has 1 aromatic rings. The number of thiophene rings is 1. The molecular formula is C13H20N2O3S. The van der Waals surface area contributed by atoms with Gasteiger partial charge in [0, 0.05) is 15.8 Å². The van der Waals surface area contributed by atoms with Crippen LogP contribution in [0.3, 0.4) is 0 Å². The Bertz CT molecular complexity index is 456. The second-order valence-electron chi connectivity index (χ2n) is 4.73. The molecule has 1 unspecified atom stereocenters. The van der Waals surface area contributed by atoms with Crippen LogP contribution in [0.25, 0.3) is 0 Å². The maximum atomic E-state index is 12.1. The Morgan fingerprint density at radius 3 is 2.42 bits per heavy atom. The first-order valence-corrected chi connectivity index (χ1v) is 6.98. The Balaban J connectivity index is 2.68. The van der Waals surface area contributed by atoms with Gasteiger partial charge in [0.05, 0.1) is 6.04 Å². The van der Waals surface area contributed by atoms with Gasteiger partial charge in [0.15, 0.2) is 0 Å². The van der Waals surface area contributed by atoms with E-state index in [0.29, 0.717) is 0 Å². The molecule has 0 saturated heterocycles. The van der Waals surface area contributed by atoms with E-state index in [4.69, 9.17) is 5.11 Å². The predicted molar refractivity (Wildman–Crippen MR) is 75.5 cm³/mol. The third-order valence-corrected chi connectivity index (χ3v) is 3.90. The van der Waals surface area contributed by atoms with Crippen LogP contribution >= 0.6 is 11.3 Å². The highest BCUT2D eigenvalue weighted by Gasteiger charge is 2.21. The maximum Gasteiger partial charge on any atom is 0.323 e. The number of carboxylic acids is 1. The third-order valence-electron chi connectivity index (χ3n) is 2.72. The summed E-state index contributed by atoms with van der Waals surface area (Å²) in [5.74, 6) is -1.01. The molecule has 0 saturated carbocycles. The quantitative estimate of drug-likeness (QED) is 0.873. The zero-order chi connectivity index (χ0) is 14.6. The summed E-state index contributed by atoms with van der Waals surface area (Å²) < 4.78 is 0. The molecule has 1 aromatic heterocycles. The van der Waals surface area contributed by atoms with E-state index in [1.807, 2.05) is 26.0 Å². The number of carbonyl (C=O) groups excluding carboxylic acids is 1. The lowest BCUT2D eigenvalue weighted by Gasteiger charge is -2.26. The van der Waals surface area contributed by atoms with E-state index in [2.05, 4.69) is 5.32 Å². The van der Waals surface area contributed by atoms with Crippen LogP contribution in [0.5, 0.6) is 0 Å². The van der Waals surface area contributed by atoms with Crippen LogP contribution in [0.4, 0.5) is 4.79 Å². The summed E-state index contributed by atoms with van der Waals surface area (Å²) in [6.07, 6.45) is 0. The molecular weight excluding hydrogens is 264 g/mol. The summed E-state index contributed by atoms with van der Waals surface area (Å²) in [6.45, 7) is 7.20. The van der Waals surface area contributed by atoms with E-state index >= 15 is 0 Å². The Morgan fingerprint density at radius 2 is 2.00 bits per heavy atom. The monoisotopic (exact) mass is 284 g/mol. The van der Waals surface area contributed by atoms with Crippen molar-refractivity contribution < 1.29 is 14.7 Å². The van der Waals surface area contributed by atoms with Crippen molar-refractivity contribution >= 4 is 23.3 Å². The van der Waals surface area contributed by atoms with Crippen molar-refractivity contribution in [2.24, 2.45) is 0 Å². The predicted octanol–water partition coefficient (Wildman–Crippen LogP) is 2.62. The fraction of sp³-hybridized carbons (Fsp3) is 0.538. The van der Waals surface area contributed by atoms with Crippen molar-refractivity contribution in [2.45, 2.75) is 39.8 Å². The third kappa shape index (κ3) is 4.55. The van der Waals surface area contributed by atoms with Crippen LogP contribution in [-0.4, -0.2) is 34.6 Å². The van der Waals surface area contributed by atoms with Crippen molar-refractivity contribution in [3.63, 3.8) is 0 Å². The summed E-state index contributed by atoms with van der Waals surface area (Å²) in [6, 6.07) is 3.34. The minimum absolute atomic E-state index is 0.124. The molecule has 0 bridgehead atoms. The van der Waals surface area contributed by atoms with Gasteiger partial charge in [-0.3, -0.25) is 4.79 Å². The number of urea groups is 1. The van der Waals surface area contributed by atoms with Crippen molar-refractivity contribution in [3.05, 3.63) is 21.9 Å². The van der Waals surface area contributed by atoms with Crippen LogP contribution in [0.2, 0.25) is 0 Å². The van der Waals surface area contributed by atoms with Crippen LogP contribution in [-0.2, 0) is 4.79 Å². The van der Waals surface area contributed by atoms with Gasteiger partial charge in [-0.1, -0.05) is 0 Å². The lowest BCUT2D eigenvalue weighted by molar-refractivity contribution is -0.138. The molecule has 0 aromatic carbocycles. The summed E-state index contributed by atoms with van der Waals surface area (Å²) in [7, 11) is 0. The van der Waals surface area contributed by atoms with Crippen LogP contribution < -0.4 is 5.32 Å². The fourth-order valence-corrected chi connectivity index (χ4v) is 2.54. The van der Waals surface area contributed by atoms with Crippen molar-refractivity contribution in [1.82, 2.24) is 10.2 Å². The van der Waals surface area contributed by atoms with Gasteiger partial charge < -0.3 is 15.3 Å². The number of amides is 2. The highest BCUT2D eigenvalue weighted by atomic mass is 32.1. The first-order valence-electron chi connectivity index (χ1n) is 6.16. The van der Waals surface area contributed by atoms with Gasteiger partial charge in [0.1, 0.15) is 6.54 Å². The lowest BCUT2D eigenvalue weighted by atomic mass is 10.2. The summed E-state index contributed by atoms with van der Waals surface area (Å²) in [5.41, 5.74) is 0. The molecule has 0 fully saturated rings. The molecule has 1 heterocycles. The van der Waals surface area contributed by atoms with Crippen molar-refractivity contribution in [3.8, 4) is 0 Å². The molecule has 0 aliphatic carbocycles. The number of rotatable bonds is 5. The number of hydrogen-bond donors (Lipinski definition) is 2. The molecule has 0 aliphatic heterocycles. The Labute approximate surface area is 117 Å². The molecule has 1 atom stereocenters. The zero-order valence-corrected chi connectivity index (χ0v) is 12.5. The van der Waals surface area contributed by atoms with E-state index in [-0.39, 0.29) is 24.7 Å². The summed E-state index contributed by atoms with van der Waals surface area (Å²) >= 11 is 1.62. The topological polar surface area (TPSA) is 69.6 Å². The van der Waals surface area contributed by atoms with E-state index in [0.717, 1.165) is 4.88 Å². The highest BCUT2D eigenvalue weighted by molar-refractivity contribution is 7.12. The Morgan fingerprint density at radius 1 is 1.37 bits per heavy atom. The molecule has 0 spiro atoms. The van der Waals surface area contributed by atoms with Gasteiger partial charge >= 0.3 is 12.0 Å². The number of carboxylic acid groups (broad SMARTS) is 1.